The molecule has 4 rings (SSSR count). The van der Waals surface area contributed by atoms with Crippen LogP contribution >= 0.6 is 0 Å². The van der Waals surface area contributed by atoms with Crippen molar-refractivity contribution in [2.45, 2.75) is 9.79 Å². The van der Waals surface area contributed by atoms with Gasteiger partial charge in [0.1, 0.15) is 31.7 Å². The molecule has 4 aromatic carbocycles. The Kier molecular flexibility index (Phi) is 10.2. The fourth-order valence-electron chi connectivity index (χ4n) is 2.95. The molecule has 0 radical (unpaired) electrons. The zero-order valence-electron chi connectivity index (χ0n) is 17.1. The van der Waals surface area contributed by atoms with Crippen LogP contribution in [0.1, 0.15) is 0 Å². The molecule has 0 aliphatic heterocycles. The molecule has 0 atom stereocenters. The molecule has 0 amide bonds. The van der Waals surface area contributed by atoms with Crippen molar-refractivity contribution in [2.24, 2.45) is 0 Å². The zero-order chi connectivity index (χ0) is 22.1. The molecule has 0 aliphatic rings. The van der Waals surface area contributed by atoms with Gasteiger partial charge in [0.25, 0.3) is 0 Å². The third-order valence-electron chi connectivity index (χ3n) is 4.26. The molecule has 0 aromatic heterocycles. The van der Waals surface area contributed by atoms with Crippen molar-refractivity contribution in [1.29, 1.82) is 0 Å². The fraction of sp³-hybridized carbons (Fsp3) is 0. The molecule has 32 heavy (non-hydrogen) atoms. The van der Waals surface area contributed by atoms with E-state index in [1.54, 1.807) is 36.4 Å². The monoisotopic (exact) mass is 492 g/mol. The van der Waals surface area contributed by atoms with E-state index in [4.69, 9.17) is 0 Å². The summed E-state index contributed by atoms with van der Waals surface area (Å²) in [7, 11) is -9.01. The van der Waals surface area contributed by atoms with Gasteiger partial charge in [0, 0.05) is 21.5 Å². The second kappa shape index (κ2) is 11.3. The maximum absolute atomic E-state index is 10.9. The Morgan fingerprint density at radius 1 is 0.500 bits per heavy atom. The summed E-state index contributed by atoms with van der Waals surface area (Å²) >= 11 is 0. The molecule has 0 saturated heterocycles. The second-order valence-electron chi connectivity index (χ2n) is 6.17. The molecule has 12 heteroatoms. The Labute approximate surface area is 229 Å². The van der Waals surface area contributed by atoms with E-state index in [0.717, 1.165) is 12.1 Å². The zero-order valence-corrected chi connectivity index (χ0v) is 22.7. The van der Waals surface area contributed by atoms with Crippen molar-refractivity contribution in [3.63, 3.8) is 0 Å². The summed E-state index contributed by atoms with van der Waals surface area (Å²) in [6.07, 6.45) is 0. The standard InChI is InChI=1S/2C10H8O4S.2Na/c2*11-9-5-6-10(15(12,13)14)8-4-2-1-3-7(8)9;;/h2*1-6,11H,(H,12,13,14);;/q;;2*+1/p-2. The smallest absolute Gasteiger partial charge is 0.744 e. The molecule has 4 aromatic rings. The van der Waals surface area contributed by atoms with Crippen molar-refractivity contribution >= 4 is 41.8 Å². The van der Waals surface area contributed by atoms with E-state index in [1.807, 2.05) is 0 Å². The number of fused-ring (bicyclic) bond motifs is 2. The molecule has 0 spiro atoms. The second-order valence-corrected chi connectivity index (χ2v) is 8.86. The van der Waals surface area contributed by atoms with Gasteiger partial charge in [-0.1, -0.05) is 48.5 Å². The van der Waals surface area contributed by atoms with Crippen LogP contribution in [-0.4, -0.2) is 36.2 Å². The molecule has 0 bridgehead atoms. The Bertz CT molecular complexity index is 1360. The fourth-order valence-corrected chi connectivity index (χ4v) is 4.31. The number of phenolic OH excluding ortho intramolecular Hbond substituents is 2. The minimum absolute atomic E-state index is 0. The summed E-state index contributed by atoms with van der Waals surface area (Å²) < 4.78 is 65.5. The summed E-state index contributed by atoms with van der Waals surface area (Å²) in [5.41, 5.74) is 0. The van der Waals surface area contributed by atoms with Gasteiger partial charge >= 0.3 is 59.1 Å². The van der Waals surface area contributed by atoms with Crippen LogP contribution in [0.4, 0.5) is 0 Å². The first-order chi connectivity index (χ1) is 14.0. The van der Waals surface area contributed by atoms with Crippen LogP contribution in [-0.2, 0) is 20.2 Å². The number of hydrogen-bond acceptors (Lipinski definition) is 8. The molecule has 2 N–H and O–H groups in total. The van der Waals surface area contributed by atoms with E-state index in [9.17, 15) is 36.2 Å². The first kappa shape index (κ1) is 28.9. The number of aromatic hydroxyl groups is 2. The average Bonchev–Trinajstić information content (AvgIpc) is 2.67. The maximum atomic E-state index is 10.9. The van der Waals surface area contributed by atoms with Crippen LogP contribution in [0.5, 0.6) is 11.5 Å². The van der Waals surface area contributed by atoms with Crippen LogP contribution in [0.25, 0.3) is 21.5 Å². The molecule has 0 saturated carbocycles. The van der Waals surface area contributed by atoms with Crippen LogP contribution in [0.15, 0.2) is 82.6 Å². The van der Waals surface area contributed by atoms with Crippen molar-refractivity contribution in [3.8, 4) is 11.5 Å². The SMILES string of the molecule is O=S(=O)([O-])c1ccc(O)c2ccccc12.O=S(=O)([O-])c1ccc(O)c2ccccc12.[Na+].[Na+]. The predicted molar refractivity (Wildman–Crippen MR) is 107 cm³/mol. The number of benzene rings is 4. The average molecular weight is 492 g/mol. The van der Waals surface area contributed by atoms with E-state index in [-0.39, 0.29) is 91.2 Å². The number of hydrogen-bond donors (Lipinski definition) is 2. The Hall–Kier alpha value is -1.18. The van der Waals surface area contributed by atoms with Gasteiger partial charge in [-0.05, 0) is 24.3 Å². The molecule has 0 fully saturated rings. The van der Waals surface area contributed by atoms with Gasteiger partial charge in [0.2, 0.25) is 0 Å². The summed E-state index contributed by atoms with van der Waals surface area (Å²) in [5, 5.41) is 20.1. The van der Waals surface area contributed by atoms with Gasteiger partial charge < -0.3 is 19.3 Å². The largest absolute Gasteiger partial charge is 1.00 e. The molecule has 0 aliphatic carbocycles. The normalized spacial score (nSPS) is 11.1. The molecule has 8 nitrogen and oxygen atoms in total. The van der Waals surface area contributed by atoms with Gasteiger partial charge in [-0.3, -0.25) is 0 Å². The van der Waals surface area contributed by atoms with Gasteiger partial charge in [-0.2, -0.15) is 0 Å². The molecule has 0 heterocycles. The van der Waals surface area contributed by atoms with E-state index >= 15 is 0 Å². The van der Waals surface area contributed by atoms with E-state index in [0.29, 0.717) is 10.8 Å². The first-order valence-corrected chi connectivity index (χ1v) is 11.1. The van der Waals surface area contributed by atoms with Crippen molar-refractivity contribution in [3.05, 3.63) is 72.8 Å². The van der Waals surface area contributed by atoms with Crippen LogP contribution < -0.4 is 59.1 Å². The molecular weight excluding hydrogens is 478 g/mol. The number of phenols is 2. The van der Waals surface area contributed by atoms with Crippen LogP contribution in [0.3, 0.4) is 0 Å². The Morgan fingerprint density at radius 2 is 0.781 bits per heavy atom. The van der Waals surface area contributed by atoms with Gasteiger partial charge in [0.15, 0.2) is 0 Å². The molecular formula is C20H14Na2O8S2. The maximum Gasteiger partial charge on any atom is 1.00 e. The first-order valence-electron chi connectivity index (χ1n) is 8.33. The van der Waals surface area contributed by atoms with Crippen molar-refractivity contribution < 1.29 is 95.3 Å². The van der Waals surface area contributed by atoms with E-state index in [2.05, 4.69) is 0 Å². The molecule has 156 valence electrons. The Morgan fingerprint density at radius 3 is 1.06 bits per heavy atom. The summed E-state index contributed by atoms with van der Waals surface area (Å²) in [4.78, 5) is -0.619. The van der Waals surface area contributed by atoms with Gasteiger partial charge in [-0.25, -0.2) is 16.8 Å². The van der Waals surface area contributed by atoms with Crippen LogP contribution in [0.2, 0.25) is 0 Å². The molecule has 0 unspecified atom stereocenters. The van der Waals surface area contributed by atoms with E-state index < -0.39 is 20.2 Å². The predicted octanol–water partition coefficient (Wildman–Crippen LogP) is -3.09. The number of rotatable bonds is 2. The van der Waals surface area contributed by atoms with Gasteiger partial charge in [-0.15, -0.1) is 0 Å². The van der Waals surface area contributed by atoms with Crippen molar-refractivity contribution in [2.75, 3.05) is 0 Å². The van der Waals surface area contributed by atoms with Gasteiger partial charge in [0.05, 0.1) is 9.79 Å². The Balaban J connectivity index is 0.000000301. The minimum atomic E-state index is -4.51. The third kappa shape index (κ3) is 6.45. The third-order valence-corrected chi connectivity index (χ3v) is 6.05. The van der Waals surface area contributed by atoms with Crippen molar-refractivity contribution in [1.82, 2.24) is 0 Å². The summed E-state index contributed by atoms with van der Waals surface area (Å²) in [6, 6.07) is 17.2. The minimum Gasteiger partial charge on any atom is -0.744 e. The van der Waals surface area contributed by atoms with E-state index in [1.165, 1.54) is 24.3 Å². The van der Waals surface area contributed by atoms with Crippen LogP contribution in [0, 0.1) is 0 Å². The quantitative estimate of drug-likeness (QED) is 0.220. The topological polar surface area (TPSA) is 155 Å². The summed E-state index contributed by atoms with van der Waals surface area (Å²) in [6.45, 7) is 0. The summed E-state index contributed by atoms with van der Waals surface area (Å²) in [5.74, 6) is -0.0870.